The molecule has 0 bridgehead atoms. The molecule has 2 spiro atoms. The molecule has 17 nitrogen and oxygen atoms in total. The first-order valence-corrected chi connectivity index (χ1v) is 23.6. The number of amides is 2. The minimum absolute atomic E-state index is 0.0322. The van der Waals surface area contributed by atoms with Crippen molar-refractivity contribution in [3.63, 3.8) is 0 Å². The maximum Gasteiger partial charge on any atom is 0.410 e. The number of aromatic nitrogens is 8. The molecule has 0 saturated carbocycles. The summed E-state index contributed by atoms with van der Waals surface area (Å²) in [4.78, 5) is 41.3. The summed E-state index contributed by atoms with van der Waals surface area (Å²) in [6.07, 6.45) is 6.62. The Morgan fingerprint density at radius 1 is 0.600 bits per heavy atom. The predicted octanol–water partition coefficient (Wildman–Crippen LogP) is 8.98. The molecule has 0 atom stereocenters. The lowest BCUT2D eigenvalue weighted by Crippen LogP contribution is -2.50. The molecule has 1 N–H and O–H groups in total. The van der Waals surface area contributed by atoms with Gasteiger partial charge in [0.2, 0.25) is 11.6 Å². The van der Waals surface area contributed by atoms with Crippen molar-refractivity contribution < 1.29 is 33.3 Å². The Labute approximate surface area is 406 Å². The van der Waals surface area contributed by atoms with E-state index in [9.17, 15) is 14.4 Å². The summed E-state index contributed by atoms with van der Waals surface area (Å²) in [6.45, 7) is 15.2. The van der Waals surface area contributed by atoms with E-state index in [1.807, 2.05) is 114 Å². The Bertz CT molecular complexity index is 2910. The molecule has 2 fully saturated rings. The van der Waals surface area contributed by atoms with Gasteiger partial charge in [-0.3, -0.25) is 4.79 Å². The highest BCUT2D eigenvalue weighted by molar-refractivity contribution is 5.87. The lowest BCUT2D eigenvalue weighted by atomic mass is 9.83. The third-order valence-electron chi connectivity index (χ3n) is 12.4. The summed E-state index contributed by atoms with van der Waals surface area (Å²) in [5, 5.41) is 26.6. The fourth-order valence-corrected chi connectivity index (χ4v) is 9.00. The van der Waals surface area contributed by atoms with E-state index < -0.39 is 22.4 Å². The molecule has 10 rings (SSSR count). The number of piperidine rings is 2. The minimum Gasteiger partial charge on any atom is -0.482 e. The standard InChI is InChI=1S/C28H31N5O4.C25H27N5O3/c1-19(34)18-33-30-25(29-31-33)21-11-9-20(10-12-21)23-17-28(36-24-8-6-5-7-22(23)24)13-15-32(16-14-28)26(35)37-27(2,3)4;1-24(2,3)33-23(31)30-14-12-25(13-15-30)16-20(19-6-4-5-7-21(19)32-25)17-8-10-18(11-9-17)22-26-28-29-27-22/h5-12,17H,13-16,18H2,1-4H3;4-11,16H,12-15H2,1-3H3,(H,26,27,28,29). The zero-order valence-electron chi connectivity index (χ0n) is 40.6. The monoisotopic (exact) mass is 946 g/mol. The number of hydrogen-bond acceptors (Lipinski definition) is 13. The number of para-hydroxylation sites is 2. The van der Waals surface area contributed by atoms with Crippen LogP contribution < -0.4 is 9.47 Å². The van der Waals surface area contributed by atoms with Gasteiger partial charge >= 0.3 is 12.2 Å². The number of fused-ring (bicyclic) bond motifs is 2. The second kappa shape index (κ2) is 19.0. The Morgan fingerprint density at radius 2 is 1.03 bits per heavy atom. The highest BCUT2D eigenvalue weighted by Gasteiger charge is 2.42. The molecule has 6 heterocycles. The van der Waals surface area contributed by atoms with Crippen LogP contribution in [0, 0.1) is 0 Å². The highest BCUT2D eigenvalue weighted by atomic mass is 16.6. The number of aromatic amines is 1. The number of H-pyrrole nitrogens is 1. The first kappa shape index (κ1) is 47.4. The zero-order chi connectivity index (χ0) is 49.3. The summed E-state index contributed by atoms with van der Waals surface area (Å²) >= 11 is 0. The first-order chi connectivity index (χ1) is 33.4. The van der Waals surface area contributed by atoms with Crippen molar-refractivity contribution in [2.45, 2.75) is 103 Å². The number of nitrogens with zero attached hydrogens (tertiary/aromatic N) is 9. The third kappa shape index (κ3) is 10.8. The average molecular weight is 947 g/mol. The second-order valence-corrected chi connectivity index (χ2v) is 20.1. The van der Waals surface area contributed by atoms with Crippen LogP contribution in [-0.4, -0.2) is 117 Å². The van der Waals surface area contributed by atoms with Gasteiger partial charge in [0.25, 0.3) is 0 Å². The molecule has 2 amide bonds. The molecule has 17 heteroatoms. The van der Waals surface area contributed by atoms with Gasteiger partial charge in [-0.05, 0) is 105 Å². The number of Topliss-reactive ketones (excluding diaryl/α,β-unsaturated/α-hetero) is 1. The zero-order valence-corrected chi connectivity index (χ0v) is 40.6. The molecule has 0 aliphatic carbocycles. The Hall–Kier alpha value is -7.69. The summed E-state index contributed by atoms with van der Waals surface area (Å²) in [5.41, 5.74) is 6.16. The van der Waals surface area contributed by atoms with Crippen molar-refractivity contribution in [1.82, 2.24) is 50.6 Å². The number of nitrogens with one attached hydrogen (secondary N) is 1. The molecule has 4 aliphatic rings. The van der Waals surface area contributed by atoms with Gasteiger partial charge < -0.3 is 28.7 Å². The fourth-order valence-electron chi connectivity index (χ4n) is 9.00. The van der Waals surface area contributed by atoms with Crippen LogP contribution in [0.25, 0.3) is 33.9 Å². The van der Waals surface area contributed by atoms with Crippen molar-refractivity contribution in [2.75, 3.05) is 26.2 Å². The Morgan fingerprint density at radius 3 is 1.44 bits per heavy atom. The van der Waals surface area contributed by atoms with Crippen LogP contribution in [0.5, 0.6) is 11.5 Å². The van der Waals surface area contributed by atoms with Crippen LogP contribution in [0.1, 0.15) is 96.4 Å². The lowest BCUT2D eigenvalue weighted by Gasteiger charge is -2.43. The predicted molar refractivity (Wildman–Crippen MR) is 261 cm³/mol. The molecule has 4 aromatic carbocycles. The number of likely N-dealkylation sites (tertiary alicyclic amines) is 2. The maximum atomic E-state index is 12.6. The van der Waals surface area contributed by atoms with Crippen LogP contribution in [0.3, 0.4) is 0 Å². The number of rotatable bonds is 6. The van der Waals surface area contributed by atoms with Gasteiger partial charge in [-0.15, -0.1) is 20.4 Å². The average Bonchev–Trinajstić information content (AvgIpc) is 4.04. The summed E-state index contributed by atoms with van der Waals surface area (Å²) in [6, 6.07) is 32.3. The van der Waals surface area contributed by atoms with Gasteiger partial charge in [0.1, 0.15) is 40.4 Å². The first-order valence-electron chi connectivity index (χ1n) is 23.6. The molecule has 0 unspecified atom stereocenters. The van der Waals surface area contributed by atoms with E-state index in [2.05, 4.69) is 72.5 Å². The summed E-state index contributed by atoms with van der Waals surface area (Å²) in [7, 11) is 0. The number of ketones is 1. The van der Waals surface area contributed by atoms with Gasteiger partial charge in [0.05, 0.1) is 0 Å². The quantitative estimate of drug-likeness (QED) is 0.167. The van der Waals surface area contributed by atoms with Gasteiger partial charge in [-0.1, -0.05) is 84.9 Å². The number of hydrogen-bond donors (Lipinski definition) is 1. The topological polar surface area (TPSA) is 193 Å². The normalized spacial score (nSPS) is 16.8. The van der Waals surface area contributed by atoms with Crippen molar-refractivity contribution in [3.05, 3.63) is 131 Å². The third-order valence-corrected chi connectivity index (χ3v) is 12.4. The largest absolute Gasteiger partial charge is 0.482 e. The smallest absolute Gasteiger partial charge is 0.410 e. The van der Waals surface area contributed by atoms with Crippen molar-refractivity contribution in [2.24, 2.45) is 0 Å². The lowest BCUT2D eigenvalue weighted by molar-refractivity contribution is -0.117. The number of benzene rings is 4. The van der Waals surface area contributed by atoms with Crippen molar-refractivity contribution in [1.29, 1.82) is 0 Å². The van der Waals surface area contributed by atoms with Gasteiger partial charge in [-0.25, -0.2) is 9.59 Å². The van der Waals surface area contributed by atoms with E-state index in [4.69, 9.17) is 18.9 Å². The van der Waals surface area contributed by atoms with Gasteiger partial charge in [0.15, 0.2) is 5.78 Å². The van der Waals surface area contributed by atoms with Crippen molar-refractivity contribution in [3.8, 4) is 34.3 Å². The van der Waals surface area contributed by atoms with Crippen molar-refractivity contribution >= 4 is 29.1 Å². The van der Waals surface area contributed by atoms with Crippen LogP contribution in [0.15, 0.2) is 109 Å². The van der Waals surface area contributed by atoms with E-state index in [1.54, 1.807) is 9.80 Å². The Kier molecular flexibility index (Phi) is 12.9. The second-order valence-electron chi connectivity index (χ2n) is 20.1. The van der Waals surface area contributed by atoms with Crippen LogP contribution in [-0.2, 0) is 20.8 Å². The van der Waals surface area contributed by atoms with E-state index in [0.29, 0.717) is 63.5 Å². The molecule has 4 aliphatic heterocycles. The van der Waals surface area contributed by atoms with Crippen LogP contribution in [0.2, 0.25) is 0 Å². The molecule has 2 aromatic heterocycles. The number of tetrazole rings is 2. The van der Waals surface area contributed by atoms with Gasteiger partial charge in [0, 0.05) is 74.1 Å². The molecule has 6 aromatic rings. The van der Waals surface area contributed by atoms with Crippen LogP contribution >= 0.6 is 0 Å². The molecule has 0 radical (unpaired) electrons. The minimum atomic E-state index is -0.525. The highest BCUT2D eigenvalue weighted by Crippen LogP contribution is 2.45. The van der Waals surface area contributed by atoms with E-state index >= 15 is 0 Å². The van der Waals surface area contributed by atoms with Gasteiger partial charge in [-0.2, -0.15) is 10.0 Å². The maximum absolute atomic E-state index is 12.6. The van der Waals surface area contributed by atoms with E-state index in [-0.39, 0.29) is 24.5 Å². The Balaban J connectivity index is 0.000000175. The summed E-state index contributed by atoms with van der Waals surface area (Å²) < 4.78 is 24.2. The summed E-state index contributed by atoms with van der Waals surface area (Å²) in [5.74, 6) is 2.70. The molecule has 2 saturated heterocycles. The number of carbonyl (C=O) groups is 3. The SMILES string of the molecule is CC(=O)Cn1nnc(-c2ccc(C3=CC4(CCN(C(=O)OC(C)(C)C)CC4)Oc4ccccc43)cc2)n1.CC(C)(C)OC(=O)N1CCC2(C=C(c3ccc(-c4nn[nH]n4)cc3)c3ccccc3O2)CC1. The van der Waals surface area contributed by atoms with Crippen LogP contribution in [0.4, 0.5) is 9.59 Å². The number of carbonyl (C=O) groups excluding carboxylic acids is 3. The molecular formula is C53H58N10O7. The number of ether oxygens (including phenoxy) is 4. The molecule has 70 heavy (non-hydrogen) atoms. The molecule has 362 valence electrons. The van der Waals surface area contributed by atoms with E-state index in [1.165, 1.54) is 11.7 Å². The fraction of sp³-hybridized carbons (Fsp3) is 0.377. The molecular weight excluding hydrogens is 889 g/mol. The van der Waals surface area contributed by atoms with E-state index in [0.717, 1.165) is 56.0 Å².